The Balaban J connectivity index is 1.72. The van der Waals surface area contributed by atoms with E-state index < -0.39 is 0 Å². The van der Waals surface area contributed by atoms with Crippen LogP contribution in [0.4, 0.5) is 0 Å². The molecule has 0 fully saturated rings. The van der Waals surface area contributed by atoms with E-state index in [1.165, 1.54) is 0 Å². The quantitative estimate of drug-likeness (QED) is 0.592. The minimum absolute atomic E-state index is 0.0935. The number of carbonyl (C=O) groups is 1. The van der Waals surface area contributed by atoms with Gasteiger partial charge < -0.3 is 14.9 Å². The predicted octanol–water partition coefficient (Wildman–Crippen LogP) is 3.84. The smallest absolute Gasteiger partial charge is 0.270 e. The highest BCUT2D eigenvalue weighted by Gasteiger charge is 2.22. The maximum Gasteiger partial charge on any atom is 0.270 e. The molecular weight excluding hydrogens is 326 g/mol. The van der Waals surface area contributed by atoms with E-state index in [0.717, 1.165) is 21.9 Å². The molecule has 5 heteroatoms. The predicted molar refractivity (Wildman–Crippen MR) is 103 cm³/mol. The van der Waals surface area contributed by atoms with Crippen molar-refractivity contribution in [3.63, 3.8) is 0 Å². The Hall–Kier alpha value is -3.34. The fourth-order valence-electron chi connectivity index (χ4n) is 3.34. The molecule has 0 radical (unpaired) electrons. The summed E-state index contributed by atoms with van der Waals surface area (Å²) in [6.07, 6.45) is 1.70. The molecule has 4 rings (SSSR count). The van der Waals surface area contributed by atoms with Crippen molar-refractivity contribution in [1.29, 1.82) is 0 Å². The lowest BCUT2D eigenvalue weighted by molar-refractivity contribution is 0.0738. The molecule has 1 atom stereocenters. The van der Waals surface area contributed by atoms with Gasteiger partial charge in [-0.25, -0.2) is 0 Å². The van der Waals surface area contributed by atoms with Gasteiger partial charge in [0.15, 0.2) is 0 Å². The van der Waals surface area contributed by atoms with Crippen LogP contribution in [0.15, 0.2) is 65.6 Å². The molecule has 0 aliphatic heterocycles. The van der Waals surface area contributed by atoms with Gasteiger partial charge in [-0.3, -0.25) is 9.59 Å². The lowest BCUT2D eigenvalue weighted by atomic mass is 10.0. The van der Waals surface area contributed by atoms with Gasteiger partial charge in [0.25, 0.3) is 11.5 Å². The first-order chi connectivity index (χ1) is 12.6. The Morgan fingerprint density at radius 3 is 2.50 bits per heavy atom. The molecule has 2 aromatic carbocycles. The van der Waals surface area contributed by atoms with Gasteiger partial charge in [-0.15, -0.1) is 0 Å². The third kappa shape index (κ3) is 2.58. The van der Waals surface area contributed by atoms with Crippen molar-refractivity contribution in [3.8, 4) is 0 Å². The number of pyridine rings is 1. The molecule has 26 heavy (non-hydrogen) atoms. The number of hydrogen-bond acceptors (Lipinski definition) is 2. The number of carbonyl (C=O) groups excluding carboxylic acids is 1. The van der Waals surface area contributed by atoms with Gasteiger partial charge in [-0.05, 0) is 36.1 Å². The van der Waals surface area contributed by atoms with E-state index in [2.05, 4.69) is 9.97 Å². The largest absolute Gasteiger partial charge is 0.351 e. The maximum absolute atomic E-state index is 13.0. The Kier molecular flexibility index (Phi) is 3.84. The Bertz CT molecular complexity index is 1140. The number of para-hydroxylation sites is 1. The summed E-state index contributed by atoms with van der Waals surface area (Å²) in [6, 6.07) is 16.9. The number of aromatic nitrogens is 2. The SMILES string of the molecule is CC(c1c[nH]c(=O)c2ccccc12)N(C)C(=O)c1cc2ccccc2[nH]1. The Labute approximate surface area is 150 Å². The van der Waals surface area contributed by atoms with Gasteiger partial charge in [-0.1, -0.05) is 36.4 Å². The van der Waals surface area contributed by atoms with Crippen LogP contribution in [0.5, 0.6) is 0 Å². The van der Waals surface area contributed by atoms with Gasteiger partial charge in [0.05, 0.1) is 6.04 Å². The summed E-state index contributed by atoms with van der Waals surface area (Å²) in [5.41, 5.74) is 2.27. The molecule has 0 aliphatic carbocycles. The molecule has 130 valence electrons. The van der Waals surface area contributed by atoms with Gasteiger partial charge >= 0.3 is 0 Å². The molecule has 5 nitrogen and oxygen atoms in total. The van der Waals surface area contributed by atoms with Gasteiger partial charge in [0.1, 0.15) is 5.69 Å². The Morgan fingerprint density at radius 2 is 1.73 bits per heavy atom. The summed E-state index contributed by atoms with van der Waals surface area (Å²) in [4.78, 5) is 32.6. The van der Waals surface area contributed by atoms with Crippen molar-refractivity contribution < 1.29 is 4.79 Å². The summed E-state index contributed by atoms with van der Waals surface area (Å²) >= 11 is 0. The molecule has 0 spiro atoms. The third-order valence-electron chi connectivity index (χ3n) is 4.95. The number of rotatable bonds is 3. The molecule has 1 amide bonds. The Morgan fingerprint density at radius 1 is 1.04 bits per heavy atom. The number of H-pyrrole nitrogens is 2. The van der Waals surface area contributed by atoms with E-state index in [1.807, 2.05) is 55.5 Å². The zero-order chi connectivity index (χ0) is 18.3. The van der Waals surface area contributed by atoms with E-state index in [0.29, 0.717) is 11.1 Å². The normalized spacial score (nSPS) is 12.4. The van der Waals surface area contributed by atoms with Crippen molar-refractivity contribution in [2.75, 3.05) is 7.05 Å². The first-order valence-electron chi connectivity index (χ1n) is 8.51. The maximum atomic E-state index is 13.0. The minimum Gasteiger partial charge on any atom is -0.351 e. The fraction of sp³-hybridized carbons (Fsp3) is 0.143. The standard InChI is InChI=1S/C21H19N3O2/c1-13(17-12-22-20(25)16-9-5-4-8-15(16)17)24(2)21(26)19-11-14-7-3-6-10-18(14)23-19/h3-13,23H,1-2H3,(H,22,25). The van der Waals surface area contributed by atoms with E-state index in [4.69, 9.17) is 0 Å². The minimum atomic E-state index is -0.198. The van der Waals surface area contributed by atoms with Gasteiger partial charge in [0.2, 0.25) is 0 Å². The highest BCUT2D eigenvalue weighted by atomic mass is 16.2. The summed E-state index contributed by atoms with van der Waals surface area (Å²) in [6.45, 7) is 1.96. The highest BCUT2D eigenvalue weighted by Crippen LogP contribution is 2.26. The second-order valence-electron chi connectivity index (χ2n) is 6.48. The number of amides is 1. The van der Waals surface area contributed by atoms with E-state index >= 15 is 0 Å². The average Bonchev–Trinajstić information content (AvgIpc) is 3.11. The number of aromatic amines is 2. The van der Waals surface area contributed by atoms with Crippen LogP contribution in [-0.2, 0) is 0 Å². The molecule has 0 bridgehead atoms. The monoisotopic (exact) mass is 345 g/mol. The van der Waals surface area contributed by atoms with Crippen LogP contribution in [-0.4, -0.2) is 27.8 Å². The zero-order valence-electron chi connectivity index (χ0n) is 14.6. The number of fused-ring (bicyclic) bond motifs is 2. The van der Waals surface area contributed by atoms with E-state index in [9.17, 15) is 9.59 Å². The van der Waals surface area contributed by atoms with E-state index in [1.54, 1.807) is 24.2 Å². The molecule has 0 aliphatic rings. The van der Waals surface area contributed by atoms with Crippen LogP contribution in [0.25, 0.3) is 21.7 Å². The van der Waals surface area contributed by atoms with Gasteiger partial charge in [-0.2, -0.15) is 0 Å². The molecule has 4 aromatic rings. The topological polar surface area (TPSA) is 69.0 Å². The molecular formula is C21H19N3O2. The second-order valence-corrected chi connectivity index (χ2v) is 6.48. The zero-order valence-corrected chi connectivity index (χ0v) is 14.6. The highest BCUT2D eigenvalue weighted by molar-refractivity contribution is 5.98. The number of nitrogens with zero attached hydrogens (tertiary/aromatic N) is 1. The summed E-state index contributed by atoms with van der Waals surface area (Å²) in [5, 5.41) is 2.50. The molecule has 2 heterocycles. The molecule has 0 saturated heterocycles. The lowest BCUT2D eigenvalue weighted by Gasteiger charge is -2.25. The summed E-state index contributed by atoms with van der Waals surface area (Å²) < 4.78 is 0. The van der Waals surface area contributed by atoms with Crippen molar-refractivity contribution in [1.82, 2.24) is 14.9 Å². The van der Waals surface area contributed by atoms with Crippen LogP contribution in [0.1, 0.15) is 29.0 Å². The van der Waals surface area contributed by atoms with Crippen molar-refractivity contribution in [3.05, 3.63) is 82.4 Å². The molecule has 0 saturated carbocycles. The number of hydrogen-bond donors (Lipinski definition) is 2. The van der Waals surface area contributed by atoms with Gasteiger partial charge in [0, 0.05) is 29.5 Å². The van der Waals surface area contributed by atoms with E-state index in [-0.39, 0.29) is 17.5 Å². The number of benzene rings is 2. The van der Waals surface area contributed by atoms with Crippen LogP contribution >= 0.6 is 0 Å². The second kappa shape index (κ2) is 6.19. The summed E-state index contributed by atoms with van der Waals surface area (Å²) in [5.74, 6) is -0.0935. The third-order valence-corrected chi connectivity index (χ3v) is 4.95. The van der Waals surface area contributed by atoms with Crippen molar-refractivity contribution in [2.45, 2.75) is 13.0 Å². The number of nitrogens with one attached hydrogen (secondary N) is 2. The molecule has 1 unspecified atom stereocenters. The summed E-state index contributed by atoms with van der Waals surface area (Å²) in [7, 11) is 1.78. The lowest BCUT2D eigenvalue weighted by Crippen LogP contribution is -2.30. The van der Waals surface area contributed by atoms with Crippen LogP contribution in [0.2, 0.25) is 0 Å². The first kappa shape index (κ1) is 16.1. The fourth-order valence-corrected chi connectivity index (χ4v) is 3.34. The average molecular weight is 345 g/mol. The van der Waals surface area contributed by atoms with Crippen molar-refractivity contribution >= 4 is 27.6 Å². The molecule has 2 aromatic heterocycles. The van der Waals surface area contributed by atoms with Crippen LogP contribution < -0.4 is 5.56 Å². The van der Waals surface area contributed by atoms with Crippen LogP contribution in [0.3, 0.4) is 0 Å². The van der Waals surface area contributed by atoms with Crippen LogP contribution in [0, 0.1) is 0 Å². The first-order valence-corrected chi connectivity index (χ1v) is 8.51. The molecule has 2 N–H and O–H groups in total. The van der Waals surface area contributed by atoms with Crippen molar-refractivity contribution in [2.24, 2.45) is 0 Å².